The van der Waals surface area contributed by atoms with Crippen LogP contribution in [0.5, 0.6) is 0 Å². The monoisotopic (exact) mass is 518 g/mol. The first-order chi connectivity index (χ1) is 12.1. The van der Waals surface area contributed by atoms with E-state index in [0.29, 0.717) is 5.56 Å². The van der Waals surface area contributed by atoms with E-state index in [1.54, 1.807) is 12.1 Å². The molecule has 0 amide bonds. The third-order valence-electron chi connectivity index (χ3n) is 4.87. The average molecular weight is 518 g/mol. The van der Waals surface area contributed by atoms with E-state index in [1.165, 1.54) is 36.4 Å². The van der Waals surface area contributed by atoms with Crippen LogP contribution in [-0.4, -0.2) is 13.1 Å². The summed E-state index contributed by atoms with van der Waals surface area (Å²) in [6.45, 7) is 5.04. The molecule has 3 rings (SSSR count). The molecule has 1 aliphatic rings. The van der Waals surface area contributed by atoms with Crippen LogP contribution in [0.2, 0.25) is 19.6 Å². The first kappa shape index (κ1) is 15.5. The second kappa shape index (κ2) is 8.08. The Hall–Kier alpha value is -0.764. The van der Waals surface area contributed by atoms with Gasteiger partial charge < -0.3 is 4.98 Å². The van der Waals surface area contributed by atoms with Crippen LogP contribution in [-0.2, 0) is 26.5 Å². The summed E-state index contributed by atoms with van der Waals surface area (Å²) in [4.78, 5) is 4.71. The van der Waals surface area contributed by atoms with Crippen LogP contribution in [0, 0.1) is 18.8 Å². The van der Waals surface area contributed by atoms with Crippen molar-refractivity contribution in [3.05, 3.63) is 47.7 Å². The van der Waals surface area contributed by atoms with Crippen LogP contribution in [0.4, 0.5) is 0 Å². The second-order valence-electron chi connectivity index (χ2n) is 7.82. The normalized spacial score (nSPS) is 17.7. The van der Waals surface area contributed by atoms with E-state index in [9.17, 15) is 0 Å². The molecule has 1 aromatic carbocycles. The van der Waals surface area contributed by atoms with Crippen molar-refractivity contribution in [3.8, 4) is 11.3 Å². The van der Waals surface area contributed by atoms with E-state index >= 15 is 0 Å². The zero-order valence-corrected chi connectivity index (χ0v) is 18.2. The van der Waals surface area contributed by atoms with Gasteiger partial charge in [0.05, 0.1) is 8.07 Å². The van der Waals surface area contributed by atoms with Crippen molar-refractivity contribution in [1.82, 2.24) is 4.98 Å². The van der Waals surface area contributed by atoms with Gasteiger partial charge in [-0.2, -0.15) is 0 Å². The maximum absolute atomic E-state index is 7.51. The van der Waals surface area contributed by atoms with Gasteiger partial charge >= 0.3 is 0 Å². The number of pyridine rings is 1. The van der Waals surface area contributed by atoms with Gasteiger partial charge in [0.1, 0.15) is 0 Å². The molecule has 1 fully saturated rings. The number of benzene rings is 1. The van der Waals surface area contributed by atoms with Gasteiger partial charge in [0, 0.05) is 30.4 Å². The molecule has 0 atom stereocenters. The minimum absolute atomic E-state index is 0. The van der Waals surface area contributed by atoms with Gasteiger partial charge in [-0.15, -0.1) is 35.4 Å². The van der Waals surface area contributed by atoms with E-state index < -0.39 is 14.9 Å². The van der Waals surface area contributed by atoms with Crippen molar-refractivity contribution < 1.29 is 24.2 Å². The van der Waals surface area contributed by atoms with E-state index in [-0.39, 0.29) is 20.1 Å². The summed E-state index contributed by atoms with van der Waals surface area (Å²) in [6, 6.07) is 10.4. The van der Waals surface area contributed by atoms with E-state index in [2.05, 4.69) is 38.0 Å². The zero-order chi connectivity index (χ0) is 18.9. The van der Waals surface area contributed by atoms with Gasteiger partial charge in [0.2, 0.25) is 0 Å². The molecule has 0 bridgehead atoms. The first-order valence-corrected chi connectivity index (χ1v) is 12.2. The predicted octanol–water partition coefficient (Wildman–Crippen LogP) is 5.13. The molecule has 1 aromatic heterocycles. The molecule has 1 radical (unpaired) electrons. The van der Waals surface area contributed by atoms with Gasteiger partial charge in [-0.1, -0.05) is 63.8 Å². The third kappa shape index (κ3) is 4.65. The Labute approximate surface area is 165 Å². The molecule has 0 spiro atoms. The Morgan fingerprint density at radius 1 is 1.25 bits per heavy atom. The molecular formula is C21H28IrNSi-. The summed E-state index contributed by atoms with van der Waals surface area (Å²) >= 11 is 0. The molecule has 1 heterocycles. The molecule has 2 aromatic rings. The minimum Gasteiger partial charge on any atom is -0.305 e. The molecule has 0 unspecified atom stereocenters. The molecule has 0 N–H and O–H groups in total. The summed E-state index contributed by atoms with van der Waals surface area (Å²) in [7, 11) is -1.45. The van der Waals surface area contributed by atoms with E-state index in [0.717, 1.165) is 23.6 Å². The Balaban J connectivity index is 0.00000261. The summed E-state index contributed by atoms with van der Waals surface area (Å²) in [5, 5.41) is 1.45. The van der Waals surface area contributed by atoms with E-state index in [4.69, 9.17) is 9.10 Å². The standard InChI is InChI=1S/C21H28NSi.Ir/c1-16-9-11-18(12-10-16)20-14-19(13-17-7-5-6-8-17)21(15-22-20)23(2,3)4;/h9-11,14-15,17H,5-8,13H2,1-4H3;/q-1;/i1D3;. The number of nitrogens with zero attached hydrogens (tertiary/aromatic N) is 1. The number of hydrogen-bond donors (Lipinski definition) is 0. The van der Waals surface area contributed by atoms with Crippen LogP contribution in [0.3, 0.4) is 0 Å². The smallest absolute Gasteiger partial charge is 0.0798 e. The van der Waals surface area contributed by atoms with E-state index in [1.807, 2.05) is 6.07 Å². The fourth-order valence-corrected chi connectivity index (χ4v) is 5.19. The first-order valence-electron chi connectivity index (χ1n) is 10.2. The molecule has 1 nitrogen and oxygen atoms in total. The average Bonchev–Trinajstić information content (AvgIpc) is 3.06. The molecule has 1 aliphatic carbocycles. The second-order valence-corrected chi connectivity index (χ2v) is 12.9. The minimum atomic E-state index is -2.09. The van der Waals surface area contributed by atoms with Gasteiger partial charge in [-0.05, 0) is 23.2 Å². The Bertz CT molecular complexity index is 760. The van der Waals surface area contributed by atoms with Gasteiger partial charge in [-0.3, -0.25) is 0 Å². The molecular weight excluding hydrogens is 487 g/mol. The number of hydrogen-bond acceptors (Lipinski definition) is 1. The van der Waals surface area contributed by atoms with Crippen LogP contribution in [0.25, 0.3) is 11.3 Å². The topological polar surface area (TPSA) is 12.9 Å². The quantitative estimate of drug-likeness (QED) is 0.405. The van der Waals surface area contributed by atoms with Crippen molar-refractivity contribution in [1.29, 1.82) is 0 Å². The van der Waals surface area contributed by atoms with Crippen molar-refractivity contribution in [2.45, 2.75) is 58.6 Å². The van der Waals surface area contributed by atoms with Gasteiger partial charge in [0.15, 0.2) is 0 Å². The van der Waals surface area contributed by atoms with Crippen LogP contribution in [0.1, 0.15) is 40.9 Å². The van der Waals surface area contributed by atoms with Crippen molar-refractivity contribution in [2.75, 3.05) is 0 Å². The molecule has 24 heavy (non-hydrogen) atoms. The SMILES string of the molecule is [2H]C([2H])([2H])c1c[c-]c(-c2cc(CC3CCCC3)c([Si](C)(C)C)cn2)cc1.[Ir]. The third-order valence-corrected chi connectivity index (χ3v) is 6.94. The summed E-state index contributed by atoms with van der Waals surface area (Å²) in [6.07, 6.45) is 8.59. The number of aromatic nitrogens is 1. The summed E-state index contributed by atoms with van der Waals surface area (Å²) in [5.74, 6) is 0.794. The molecule has 131 valence electrons. The molecule has 3 heteroatoms. The zero-order valence-electron chi connectivity index (χ0n) is 17.8. The Morgan fingerprint density at radius 2 is 2.00 bits per heavy atom. The molecule has 0 aliphatic heterocycles. The molecule has 1 saturated carbocycles. The van der Waals surface area contributed by atoms with Crippen molar-refractivity contribution in [3.63, 3.8) is 0 Å². The Morgan fingerprint density at radius 3 is 2.58 bits per heavy atom. The molecule has 0 saturated heterocycles. The van der Waals surface area contributed by atoms with Crippen molar-refractivity contribution >= 4 is 13.3 Å². The van der Waals surface area contributed by atoms with Crippen molar-refractivity contribution in [2.24, 2.45) is 5.92 Å². The number of rotatable bonds is 4. The van der Waals surface area contributed by atoms with Crippen LogP contribution in [0.15, 0.2) is 30.5 Å². The van der Waals surface area contributed by atoms with Gasteiger partial charge in [0.25, 0.3) is 0 Å². The largest absolute Gasteiger partial charge is 0.305 e. The number of aryl methyl sites for hydroxylation is 1. The summed E-state index contributed by atoms with van der Waals surface area (Å²) < 4.78 is 22.5. The maximum Gasteiger partial charge on any atom is 0.0798 e. The summed E-state index contributed by atoms with van der Waals surface area (Å²) in [5.41, 5.74) is 3.53. The van der Waals surface area contributed by atoms with Crippen LogP contribution < -0.4 is 5.19 Å². The maximum atomic E-state index is 7.51. The van der Waals surface area contributed by atoms with Gasteiger partial charge in [-0.25, -0.2) is 0 Å². The fraction of sp³-hybridized carbons (Fsp3) is 0.476. The fourth-order valence-electron chi connectivity index (χ4n) is 3.60. The Kier molecular flexibility index (Phi) is 5.21. The predicted molar refractivity (Wildman–Crippen MR) is 102 cm³/mol. The van der Waals surface area contributed by atoms with Crippen LogP contribution >= 0.6 is 0 Å².